The van der Waals surface area contributed by atoms with Crippen LogP contribution in [0.25, 0.3) is 11.0 Å². The van der Waals surface area contributed by atoms with Crippen molar-refractivity contribution in [1.29, 1.82) is 0 Å². The van der Waals surface area contributed by atoms with Crippen LogP contribution >= 0.6 is 0 Å². The first-order valence-electron chi connectivity index (χ1n) is 10.5. The highest BCUT2D eigenvalue weighted by atomic mass is 16.4. The second-order valence-electron chi connectivity index (χ2n) is 8.04. The lowest BCUT2D eigenvalue weighted by molar-refractivity contribution is 0.466. The first-order chi connectivity index (χ1) is 15.5. The fourth-order valence-corrected chi connectivity index (χ4v) is 4.12. The zero-order valence-electron chi connectivity index (χ0n) is 17.9. The highest BCUT2D eigenvalue weighted by Crippen LogP contribution is 2.38. The summed E-state index contributed by atoms with van der Waals surface area (Å²) in [5.41, 5.74) is 3.48. The maximum Gasteiger partial charge on any atom is 0.349 e. The van der Waals surface area contributed by atoms with Gasteiger partial charge in [-0.3, -0.25) is 5.01 Å². The molecule has 1 N–H and O–H groups in total. The van der Waals surface area contributed by atoms with Gasteiger partial charge < -0.3 is 14.4 Å². The molecule has 3 aromatic carbocycles. The van der Waals surface area contributed by atoms with Gasteiger partial charge in [-0.25, -0.2) is 4.79 Å². The lowest BCUT2D eigenvalue weighted by atomic mass is 9.97. The van der Waals surface area contributed by atoms with Gasteiger partial charge in [-0.15, -0.1) is 0 Å². The number of rotatable bonds is 4. The SMILES string of the molecule is CN(C)c1ccc([C@@H]2CC(c3c(O)c4ccccc4oc3=O)=NN2c2ccccc2)cc1. The highest BCUT2D eigenvalue weighted by Gasteiger charge is 2.33. The van der Waals surface area contributed by atoms with Crippen LogP contribution in [0.2, 0.25) is 0 Å². The molecule has 0 amide bonds. The molecule has 0 radical (unpaired) electrons. The number of hydrogen-bond donors (Lipinski definition) is 1. The van der Waals surface area contributed by atoms with Crippen molar-refractivity contribution in [2.45, 2.75) is 12.5 Å². The third-order valence-corrected chi connectivity index (χ3v) is 5.80. The Morgan fingerprint density at radius 1 is 0.969 bits per heavy atom. The normalized spacial score (nSPS) is 15.8. The second-order valence-corrected chi connectivity index (χ2v) is 8.04. The minimum atomic E-state index is -0.587. The number of hydrazone groups is 1. The van der Waals surface area contributed by atoms with Crippen molar-refractivity contribution in [3.05, 3.63) is 100 Å². The van der Waals surface area contributed by atoms with Crippen molar-refractivity contribution >= 4 is 28.1 Å². The Morgan fingerprint density at radius 2 is 1.66 bits per heavy atom. The number of fused-ring (bicyclic) bond motifs is 1. The molecule has 5 rings (SSSR count). The fraction of sp³-hybridized carbons (Fsp3) is 0.154. The van der Waals surface area contributed by atoms with E-state index >= 15 is 0 Å². The molecule has 6 nitrogen and oxygen atoms in total. The molecule has 0 fully saturated rings. The number of hydrogen-bond acceptors (Lipinski definition) is 6. The van der Waals surface area contributed by atoms with Crippen LogP contribution in [0.15, 0.2) is 93.2 Å². The van der Waals surface area contributed by atoms with E-state index in [1.807, 2.05) is 54.3 Å². The maximum atomic E-state index is 12.8. The Balaban J connectivity index is 1.62. The van der Waals surface area contributed by atoms with Crippen molar-refractivity contribution in [3.8, 4) is 5.75 Å². The summed E-state index contributed by atoms with van der Waals surface area (Å²) in [7, 11) is 4.01. The third kappa shape index (κ3) is 3.39. The molecule has 0 aliphatic carbocycles. The summed E-state index contributed by atoms with van der Waals surface area (Å²) in [5, 5.41) is 18.1. The topological polar surface area (TPSA) is 69.3 Å². The number of para-hydroxylation sites is 2. The molecule has 2 heterocycles. The van der Waals surface area contributed by atoms with E-state index in [9.17, 15) is 9.90 Å². The Kier molecular flexibility index (Phi) is 4.90. The van der Waals surface area contributed by atoms with Gasteiger partial charge in [0.05, 0.1) is 22.8 Å². The monoisotopic (exact) mass is 425 g/mol. The highest BCUT2D eigenvalue weighted by molar-refractivity contribution is 6.08. The van der Waals surface area contributed by atoms with Crippen molar-refractivity contribution in [2.24, 2.45) is 5.10 Å². The van der Waals surface area contributed by atoms with Gasteiger partial charge >= 0.3 is 5.63 Å². The summed E-state index contributed by atoms with van der Waals surface area (Å²) in [6.45, 7) is 0. The van der Waals surface area contributed by atoms with Crippen LogP contribution in [0.4, 0.5) is 11.4 Å². The van der Waals surface area contributed by atoms with Gasteiger partial charge in [0.1, 0.15) is 16.9 Å². The van der Waals surface area contributed by atoms with Crippen LogP contribution in [0.5, 0.6) is 5.75 Å². The van der Waals surface area contributed by atoms with Crippen molar-refractivity contribution in [1.82, 2.24) is 0 Å². The smallest absolute Gasteiger partial charge is 0.349 e. The molecule has 0 unspecified atom stereocenters. The van der Waals surface area contributed by atoms with Crippen LogP contribution in [0.1, 0.15) is 23.6 Å². The molecule has 1 aromatic heterocycles. The lowest BCUT2D eigenvalue weighted by Gasteiger charge is -2.24. The molecule has 1 aliphatic rings. The van der Waals surface area contributed by atoms with Gasteiger partial charge in [0.25, 0.3) is 0 Å². The maximum absolute atomic E-state index is 12.8. The minimum Gasteiger partial charge on any atom is -0.506 e. The van der Waals surface area contributed by atoms with E-state index < -0.39 is 5.63 Å². The van der Waals surface area contributed by atoms with Crippen molar-refractivity contribution < 1.29 is 9.52 Å². The van der Waals surface area contributed by atoms with Gasteiger partial charge in [0, 0.05) is 26.2 Å². The summed E-state index contributed by atoms with van der Waals surface area (Å²) in [4.78, 5) is 14.9. The molecule has 0 saturated heterocycles. The summed E-state index contributed by atoms with van der Waals surface area (Å²) >= 11 is 0. The van der Waals surface area contributed by atoms with E-state index in [1.165, 1.54) is 0 Å². The second kappa shape index (κ2) is 7.89. The number of anilines is 2. The standard InChI is InChI=1S/C26H23N3O3/c1-28(2)18-14-12-17(13-15-18)22-16-21(27-29(22)19-8-4-3-5-9-19)24-25(30)20-10-6-7-11-23(20)32-26(24)31/h3-15,22,30H,16H2,1-2H3/t22-/m0/s1. The quantitative estimate of drug-likeness (QED) is 0.470. The summed E-state index contributed by atoms with van der Waals surface area (Å²) in [6, 6.07) is 25.0. The van der Waals surface area contributed by atoms with E-state index in [1.54, 1.807) is 24.3 Å². The molecular formula is C26H23N3O3. The van der Waals surface area contributed by atoms with Crippen LogP contribution in [0, 0.1) is 0 Å². The first kappa shape index (κ1) is 19.9. The van der Waals surface area contributed by atoms with Gasteiger partial charge in [0.15, 0.2) is 0 Å². The van der Waals surface area contributed by atoms with E-state index in [4.69, 9.17) is 9.52 Å². The molecule has 0 saturated carbocycles. The van der Waals surface area contributed by atoms with Crippen LogP contribution in [-0.2, 0) is 0 Å². The Hall–Kier alpha value is -4.06. The Bertz CT molecular complexity index is 1360. The number of benzene rings is 3. The molecule has 1 aliphatic heterocycles. The fourth-order valence-electron chi connectivity index (χ4n) is 4.12. The zero-order valence-corrected chi connectivity index (χ0v) is 17.9. The van der Waals surface area contributed by atoms with Gasteiger partial charge in [-0.1, -0.05) is 42.5 Å². The molecular weight excluding hydrogens is 402 g/mol. The predicted octanol–water partition coefficient (Wildman–Crippen LogP) is 4.92. The van der Waals surface area contributed by atoms with Gasteiger partial charge in [0.2, 0.25) is 0 Å². The summed E-state index contributed by atoms with van der Waals surface area (Å²) in [5.74, 6) is -0.0905. The molecule has 6 heteroatoms. The molecule has 32 heavy (non-hydrogen) atoms. The van der Waals surface area contributed by atoms with Crippen molar-refractivity contribution in [2.75, 3.05) is 24.0 Å². The van der Waals surface area contributed by atoms with E-state index in [0.29, 0.717) is 23.1 Å². The third-order valence-electron chi connectivity index (χ3n) is 5.80. The van der Waals surface area contributed by atoms with E-state index in [2.05, 4.69) is 24.3 Å². The minimum absolute atomic E-state index is 0.0905. The number of nitrogens with zero attached hydrogens (tertiary/aromatic N) is 3. The van der Waals surface area contributed by atoms with Crippen LogP contribution < -0.4 is 15.5 Å². The Morgan fingerprint density at radius 3 is 2.38 bits per heavy atom. The molecule has 4 aromatic rings. The average Bonchev–Trinajstić information content (AvgIpc) is 3.24. The predicted molar refractivity (Wildman–Crippen MR) is 128 cm³/mol. The molecule has 0 bridgehead atoms. The first-order valence-corrected chi connectivity index (χ1v) is 10.5. The summed E-state index contributed by atoms with van der Waals surface area (Å²) in [6.07, 6.45) is 0.465. The molecule has 0 spiro atoms. The van der Waals surface area contributed by atoms with Crippen molar-refractivity contribution in [3.63, 3.8) is 0 Å². The van der Waals surface area contributed by atoms with E-state index in [0.717, 1.165) is 16.9 Å². The largest absolute Gasteiger partial charge is 0.506 e. The Labute approximate surface area is 185 Å². The van der Waals surface area contributed by atoms with Crippen LogP contribution in [-0.4, -0.2) is 24.9 Å². The zero-order chi connectivity index (χ0) is 22.2. The van der Waals surface area contributed by atoms with Crippen LogP contribution in [0.3, 0.4) is 0 Å². The molecule has 1 atom stereocenters. The average molecular weight is 425 g/mol. The van der Waals surface area contributed by atoms with Gasteiger partial charge in [-0.05, 0) is 42.0 Å². The summed E-state index contributed by atoms with van der Waals surface area (Å²) < 4.78 is 5.49. The van der Waals surface area contributed by atoms with Gasteiger partial charge in [-0.2, -0.15) is 5.10 Å². The number of aromatic hydroxyl groups is 1. The van der Waals surface area contributed by atoms with E-state index in [-0.39, 0.29) is 17.4 Å². The molecule has 160 valence electrons. The lowest BCUT2D eigenvalue weighted by Crippen LogP contribution is -2.18.